The molecule has 0 spiro atoms. The van der Waals surface area contributed by atoms with Crippen LogP contribution < -0.4 is 5.32 Å². The van der Waals surface area contributed by atoms with E-state index >= 15 is 0 Å². The largest absolute Gasteiger partial charge is 0.379 e. The van der Waals surface area contributed by atoms with Crippen molar-refractivity contribution < 1.29 is 13.9 Å². The van der Waals surface area contributed by atoms with Crippen LogP contribution in [-0.2, 0) is 9.47 Å². The fourth-order valence-electron chi connectivity index (χ4n) is 2.49. The number of aromatic nitrogens is 1. The van der Waals surface area contributed by atoms with Crippen LogP contribution in [0.4, 0.5) is 4.39 Å². The second kappa shape index (κ2) is 9.07. The van der Waals surface area contributed by atoms with Crippen LogP contribution in [0.15, 0.2) is 18.3 Å². The van der Waals surface area contributed by atoms with Gasteiger partial charge in [-0.2, -0.15) is 0 Å². The molecule has 0 bridgehead atoms. The van der Waals surface area contributed by atoms with Gasteiger partial charge in [-0.15, -0.1) is 0 Å². The fourth-order valence-corrected chi connectivity index (χ4v) is 2.49. The molecule has 1 aromatic heterocycles. The number of hydrogen-bond acceptors (Lipinski definition) is 4. The summed E-state index contributed by atoms with van der Waals surface area (Å²) in [7, 11) is 0. The molecule has 2 unspecified atom stereocenters. The molecule has 0 aliphatic carbocycles. The van der Waals surface area contributed by atoms with Crippen molar-refractivity contribution in [3.8, 4) is 0 Å². The summed E-state index contributed by atoms with van der Waals surface area (Å²) >= 11 is 0. The highest BCUT2D eigenvalue weighted by molar-refractivity contribution is 5.09. The number of hydrogen-bond donors (Lipinski definition) is 1. The molecule has 1 N–H and O–H groups in total. The summed E-state index contributed by atoms with van der Waals surface area (Å²) in [4.78, 5) is 4.13. The van der Waals surface area contributed by atoms with E-state index in [2.05, 4.69) is 17.2 Å². The zero-order chi connectivity index (χ0) is 14.9. The highest BCUT2D eigenvalue weighted by Crippen LogP contribution is 2.14. The molecule has 1 fully saturated rings. The Morgan fingerprint density at radius 3 is 3.10 bits per heavy atom. The van der Waals surface area contributed by atoms with E-state index in [-0.39, 0.29) is 11.9 Å². The smallest absolute Gasteiger partial charge is 0.141 e. The van der Waals surface area contributed by atoms with E-state index in [1.807, 2.05) is 0 Å². The molecule has 0 amide bonds. The molecular weight excluding hydrogens is 271 g/mol. The minimum absolute atomic E-state index is 0.170. The lowest BCUT2D eigenvalue weighted by Crippen LogP contribution is -2.24. The van der Waals surface area contributed by atoms with Crippen LogP contribution in [0.2, 0.25) is 0 Å². The lowest BCUT2D eigenvalue weighted by molar-refractivity contribution is 0.0165. The normalized spacial score (nSPS) is 19.8. The third-order valence-electron chi connectivity index (χ3n) is 3.70. The first-order chi connectivity index (χ1) is 10.3. The number of halogens is 1. The van der Waals surface area contributed by atoms with E-state index in [0.29, 0.717) is 12.7 Å². The van der Waals surface area contributed by atoms with Gasteiger partial charge in [0.25, 0.3) is 0 Å². The molecule has 1 aliphatic rings. The van der Waals surface area contributed by atoms with E-state index in [4.69, 9.17) is 9.47 Å². The first-order valence-corrected chi connectivity index (χ1v) is 7.83. The lowest BCUT2D eigenvalue weighted by atomic mass is 10.1. The van der Waals surface area contributed by atoms with Crippen molar-refractivity contribution in [2.45, 2.75) is 44.8 Å². The summed E-state index contributed by atoms with van der Waals surface area (Å²) in [6.07, 6.45) is 5.71. The van der Waals surface area contributed by atoms with E-state index in [0.717, 1.165) is 51.1 Å². The highest BCUT2D eigenvalue weighted by atomic mass is 19.1. The van der Waals surface area contributed by atoms with Gasteiger partial charge < -0.3 is 14.8 Å². The molecule has 0 radical (unpaired) electrons. The van der Waals surface area contributed by atoms with Gasteiger partial charge in [0.1, 0.15) is 5.82 Å². The Morgan fingerprint density at radius 2 is 2.43 bits per heavy atom. The van der Waals surface area contributed by atoms with Crippen LogP contribution in [0.5, 0.6) is 0 Å². The monoisotopic (exact) mass is 296 g/mol. The molecule has 4 nitrogen and oxygen atoms in total. The average molecular weight is 296 g/mol. The van der Waals surface area contributed by atoms with Crippen molar-refractivity contribution in [1.82, 2.24) is 10.3 Å². The molecule has 118 valence electrons. The molecule has 21 heavy (non-hydrogen) atoms. The van der Waals surface area contributed by atoms with Crippen molar-refractivity contribution in [2.75, 3.05) is 26.4 Å². The molecule has 0 aromatic carbocycles. The lowest BCUT2D eigenvalue weighted by Gasteiger charge is -2.16. The Labute approximate surface area is 126 Å². The van der Waals surface area contributed by atoms with Gasteiger partial charge in [0.05, 0.1) is 24.6 Å². The van der Waals surface area contributed by atoms with Crippen LogP contribution >= 0.6 is 0 Å². The molecule has 2 rings (SSSR count). The summed E-state index contributed by atoms with van der Waals surface area (Å²) in [5, 5.41) is 3.44. The van der Waals surface area contributed by atoms with Crippen LogP contribution in [0.1, 0.15) is 44.3 Å². The maximum Gasteiger partial charge on any atom is 0.141 e. The van der Waals surface area contributed by atoms with Gasteiger partial charge in [0.15, 0.2) is 0 Å². The fraction of sp³-hybridized carbons (Fsp3) is 0.688. The van der Waals surface area contributed by atoms with Crippen molar-refractivity contribution >= 4 is 0 Å². The van der Waals surface area contributed by atoms with Crippen molar-refractivity contribution in [3.05, 3.63) is 29.8 Å². The zero-order valence-electron chi connectivity index (χ0n) is 12.7. The molecule has 2 atom stereocenters. The van der Waals surface area contributed by atoms with Gasteiger partial charge in [0, 0.05) is 19.3 Å². The van der Waals surface area contributed by atoms with E-state index < -0.39 is 0 Å². The number of ether oxygens (including phenoxy) is 2. The summed E-state index contributed by atoms with van der Waals surface area (Å²) in [5.74, 6) is -0.295. The summed E-state index contributed by atoms with van der Waals surface area (Å²) in [6, 6.07) is 3.37. The van der Waals surface area contributed by atoms with E-state index in [1.165, 1.54) is 12.3 Å². The highest BCUT2D eigenvalue weighted by Gasteiger charge is 2.15. The third kappa shape index (κ3) is 5.69. The Balaban J connectivity index is 1.58. The van der Waals surface area contributed by atoms with Crippen LogP contribution in [0.25, 0.3) is 0 Å². The predicted molar refractivity (Wildman–Crippen MR) is 79.6 cm³/mol. The minimum atomic E-state index is -0.295. The van der Waals surface area contributed by atoms with E-state index in [1.54, 1.807) is 6.07 Å². The van der Waals surface area contributed by atoms with Crippen LogP contribution in [0, 0.1) is 5.82 Å². The molecule has 1 aromatic rings. The molecule has 0 saturated carbocycles. The first-order valence-electron chi connectivity index (χ1n) is 7.83. The Bertz CT molecular complexity index is 394. The van der Waals surface area contributed by atoms with Gasteiger partial charge >= 0.3 is 0 Å². The molecule has 1 aliphatic heterocycles. The van der Waals surface area contributed by atoms with Gasteiger partial charge in [0.2, 0.25) is 0 Å². The quantitative estimate of drug-likeness (QED) is 0.712. The Morgan fingerprint density at radius 1 is 1.52 bits per heavy atom. The third-order valence-corrected chi connectivity index (χ3v) is 3.70. The van der Waals surface area contributed by atoms with E-state index in [9.17, 15) is 4.39 Å². The molecule has 1 saturated heterocycles. The van der Waals surface area contributed by atoms with Gasteiger partial charge in [-0.1, -0.05) is 6.92 Å². The number of nitrogens with one attached hydrogen (secondary N) is 1. The maximum atomic E-state index is 12.9. The van der Waals surface area contributed by atoms with Crippen LogP contribution in [0.3, 0.4) is 0 Å². The van der Waals surface area contributed by atoms with Crippen molar-refractivity contribution in [1.29, 1.82) is 0 Å². The van der Waals surface area contributed by atoms with Gasteiger partial charge in [-0.25, -0.2) is 4.39 Å². The van der Waals surface area contributed by atoms with Gasteiger partial charge in [-0.05, 0) is 44.4 Å². The number of rotatable bonds is 9. The summed E-state index contributed by atoms with van der Waals surface area (Å²) < 4.78 is 24.0. The van der Waals surface area contributed by atoms with Crippen LogP contribution in [-0.4, -0.2) is 37.5 Å². The second-order valence-corrected chi connectivity index (χ2v) is 5.38. The second-order valence-electron chi connectivity index (χ2n) is 5.38. The Hall–Kier alpha value is -1.04. The molecule has 5 heteroatoms. The first kappa shape index (κ1) is 16.3. The SMILES string of the molecule is CCC(NCCCOCC1CCCO1)c1ccc(F)cn1. The predicted octanol–water partition coefficient (Wildman–Crippen LogP) is 2.85. The van der Waals surface area contributed by atoms with Gasteiger partial charge in [-0.3, -0.25) is 4.98 Å². The maximum absolute atomic E-state index is 12.9. The van der Waals surface area contributed by atoms with Crippen molar-refractivity contribution in [2.24, 2.45) is 0 Å². The zero-order valence-corrected chi connectivity index (χ0v) is 12.7. The average Bonchev–Trinajstić information content (AvgIpc) is 3.01. The minimum Gasteiger partial charge on any atom is -0.379 e. The number of nitrogens with zero attached hydrogens (tertiary/aromatic N) is 1. The standard InChI is InChI=1S/C16H25FN2O2/c1-2-15(16-7-6-13(17)11-19-16)18-8-4-9-20-12-14-5-3-10-21-14/h6-7,11,14-15,18H,2-5,8-10,12H2,1H3. The summed E-state index contributed by atoms with van der Waals surface area (Å²) in [5.41, 5.74) is 0.888. The van der Waals surface area contributed by atoms with Crippen molar-refractivity contribution in [3.63, 3.8) is 0 Å². The molecular formula is C16H25FN2O2. The number of pyridine rings is 1. The topological polar surface area (TPSA) is 43.4 Å². The summed E-state index contributed by atoms with van der Waals surface area (Å²) in [6.45, 7) is 5.27. The molecule has 2 heterocycles. The Kier molecular flexibility index (Phi) is 7.06.